The Morgan fingerprint density at radius 3 is 2.45 bits per heavy atom. The number of hydrogen-bond donors (Lipinski definition) is 1. The second-order valence-corrected chi connectivity index (χ2v) is 4.44. The summed E-state index contributed by atoms with van der Waals surface area (Å²) in [5.74, 6) is 1.22. The minimum absolute atomic E-state index is 0.301. The first-order valence-corrected chi connectivity index (χ1v) is 6.21. The van der Waals surface area contributed by atoms with Crippen LogP contribution in [0.3, 0.4) is 0 Å². The van der Waals surface area contributed by atoms with Gasteiger partial charge in [0, 0.05) is 12.1 Å². The third-order valence-electron chi connectivity index (χ3n) is 2.82. The van der Waals surface area contributed by atoms with Gasteiger partial charge in [-0.15, -0.1) is 0 Å². The number of nitrogens with one attached hydrogen (secondary N) is 1. The number of ether oxygens (including phenoxy) is 2. The van der Waals surface area contributed by atoms with Crippen LogP contribution in [0.5, 0.6) is 11.5 Å². The number of methoxy groups -OCH3 is 2. The molecule has 1 aromatic heterocycles. The van der Waals surface area contributed by atoms with Gasteiger partial charge in [0.2, 0.25) is 0 Å². The van der Waals surface area contributed by atoms with E-state index >= 15 is 0 Å². The van der Waals surface area contributed by atoms with E-state index in [0.29, 0.717) is 33.5 Å². The van der Waals surface area contributed by atoms with Crippen LogP contribution in [-0.2, 0) is 0 Å². The minimum atomic E-state index is -0.301. The molecule has 0 saturated heterocycles. The van der Waals surface area contributed by atoms with E-state index in [9.17, 15) is 4.79 Å². The summed E-state index contributed by atoms with van der Waals surface area (Å²) in [6.07, 6.45) is 1.46. The quantitative estimate of drug-likeness (QED) is 0.937. The normalized spacial score (nSPS) is 10.2. The number of aryl methyl sites for hydroxylation is 1. The maximum absolute atomic E-state index is 12.1. The summed E-state index contributed by atoms with van der Waals surface area (Å²) in [4.78, 5) is 12.1. The van der Waals surface area contributed by atoms with E-state index in [0.717, 1.165) is 0 Å². The van der Waals surface area contributed by atoms with Crippen molar-refractivity contribution in [2.45, 2.75) is 6.92 Å². The van der Waals surface area contributed by atoms with Crippen LogP contribution >= 0.6 is 11.6 Å². The molecule has 0 fully saturated rings. The van der Waals surface area contributed by atoms with Gasteiger partial charge >= 0.3 is 0 Å². The summed E-state index contributed by atoms with van der Waals surface area (Å²) >= 11 is 6.11. The zero-order valence-electron chi connectivity index (χ0n) is 11.3. The van der Waals surface area contributed by atoms with E-state index in [2.05, 4.69) is 5.32 Å². The molecular formula is C14H14ClNO4. The SMILES string of the molecule is COc1cc(Cl)c(NC(=O)c2ccoc2C)cc1OC. The van der Waals surface area contributed by atoms with Crippen molar-refractivity contribution in [3.05, 3.63) is 40.8 Å². The van der Waals surface area contributed by atoms with Crippen LogP contribution in [0.25, 0.3) is 0 Å². The van der Waals surface area contributed by atoms with Gasteiger partial charge in [0.1, 0.15) is 5.76 Å². The molecule has 6 heteroatoms. The summed E-state index contributed by atoms with van der Waals surface area (Å²) < 4.78 is 15.4. The van der Waals surface area contributed by atoms with Gasteiger partial charge in [-0.3, -0.25) is 4.79 Å². The average Bonchev–Trinajstić information content (AvgIpc) is 2.86. The van der Waals surface area contributed by atoms with E-state index in [1.807, 2.05) is 0 Å². The standard InChI is InChI=1S/C14H14ClNO4/c1-8-9(4-5-20-8)14(17)16-11-7-13(19-3)12(18-2)6-10(11)15/h4-7H,1-3H3,(H,16,17). The molecule has 1 N–H and O–H groups in total. The van der Waals surface area contributed by atoms with E-state index in [-0.39, 0.29) is 5.91 Å². The van der Waals surface area contributed by atoms with Gasteiger partial charge in [-0.2, -0.15) is 0 Å². The summed E-state index contributed by atoms with van der Waals surface area (Å²) in [6, 6.07) is 4.78. The Bertz CT molecular complexity index is 636. The van der Waals surface area contributed by atoms with Crippen LogP contribution in [0.1, 0.15) is 16.1 Å². The van der Waals surface area contributed by atoms with Crippen LogP contribution in [0.2, 0.25) is 5.02 Å². The van der Waals surface area contributed by atoms with Crippen LogP contribution in [0, 0.1) is 6.92 Å². The summed E-state index contributed by atoms with van der Waals surface area (Å²) in [5.41, 5.74) is 0.894. The zero-order valence-corrected chi connectivity index (χ0v) is 12.1. The number of furan rings is 1. The summed E-state index contributed by atoms with van der Waals surface area (Å²) in [6.45, 7) is 1.71. The number of benzene rings is 1. The Kier molecular flexibility index (Phi) is 4.20. The molecule has 1 aromatic carbocycles. The molecule has 1 heterocycles. The van der Waals surface area contributed by atoms with E-state index < -0.39 is 0 Å². The second-order valence-electron chi connectivity index (χ2n) is 4.03. The lowest BCUT2D eigenvalue weighted by Gasteiger charge is -2.12. The molecule has 0 aliphatic rings. The highest BCUT2D eigenvalue weighted by molar-refractivity contribution is 6.34. The average molecular weight is 296 g/mol. The molecular weight excluding hydrogens is 282 g/mol. The topological polar surface area (TPSA) is 60.7 Å². The molecule has 0 saturated carbocycles. The molecule has 0 aliphatic carbocycles. The molecule has 106 valence electrons. The molecule has 2 aromatic rings. The highest BCUT2D eigenvalue weighted by atomic mass is 35.5. The fourth-order valence-corrected chi connectivity index (χ4v) is 1.96. The first kappa shape index (κ1) is 14.3. The smallest absolute Gasteiger partial charge is 0.259 e. The maximum Gasteiger partial charge on any atom is 0.259 e. The molecule has 2 rings (SSSR count). The number of hydrogen-bond acceptors (Lipinski definition) is 4. The first-order valence-electron chi connectivity index (χ1n) is 5.83. The Morgan fingerprint density at radius 1 is 1.25 bits per heavy atom. The Hall–Kier alpha value is -2.14. The number of anilines is 1. The lowest BCUT2D eigenvalue weighted by molar-refractivity contribution is 0.102. The van der Waals surface area contributed by atoms with Crippen molar-refractivity contribution in [3.8, 4) is 11.5 Å². The van der Waals surface area contributed by atoms with Crippen LogP contribution in [0.4, 0.5) is 5.69 Å². The van der Waals surface area contributed by atoms with Crippen molar-refractivity contribution >= 4 is 23.2 Å². The van der Waals surface area contributed by atoms with Gasteiger partial charge < -0.3 is 19.2 Å². The van der Waals surface area contributed by atoms with Crippen molar-refractivity contribution in [2.75, 3.05) is 19.5 Å². The molecule has 0 unspecified atom stereocenters. The number of halogens is 1. The minimum Gasteiger partial charge on any atom is -0.493 e. The first-order chi connectivity index (χ1) is 9.56. The third-order valence-corrected chi connectivity index (χ3v) is 3.14. The van der Waals surface area contributed by atoms with Gasteiger partial charge in [0.25, 0.3) is 5.91 Å². The molecule has 0 bridgehead atoms. The van der Waals surface area contributed by atoms with Crippen LogP contribution < -0.4 is 14.8 Å². The van der Waals surface area contributed by atoms with Crippen molar-refractivity contribution in [2.24, 2.45) is 0 Å². The van der Waals surface area contributed by atoms with Gasteiger partial charge in [0.05, 0.1) is 36.8 Å². The fourth-order valence-electron chi connectivity index (χ4n) is 1.76. The van der Waals surface area contributed by atoms with Crippen molar-refractivity contribution in [1.29, 1.82) is 0 Å². The van der Waals surface area contributed by atoms with Gasteiger partial charge in [-0.25, -0.2) is 0 Å². The summed E-state index contributed by atoms with van der Waals surface area (Å²) in [7, 11) is 3.03. The van der Waals surface area contributed by atoms with Crippen LogP contribution in [-0.4, -0.2) is 20.1 Å². The maximum atomic E-state index is 12.1. The molecule has 20 heavy (non-hydrogen) atoms. The van der Waals surface area contributed by atoms with E-state index in [1.54, 1.807) is 25.1 Å². The predicted octanol–water partition coefficient (Wildman–Crippen LogP) is 3.51. The lowest BCUT2D eigenvalue weighted by atomic mass is 10.2. The Labute approximate surface area is 121 Å². The third kappa shape index (κ3) is 2.72. The molecule has 0 spiro atoms. The highest BCUT2D eigenvalue weighted by Crippen LogP contribution is 2.36. The van der Waals surface area contributed by atoms with Crippen molar-refractivity contribution in [3.63, 3.8) is 0 Å². The lowest BCUT2D eigenvalue weighted by Crippen LogP contribution is -2.12. The van der Waals surface area contributed by atoms with Gasteiger partial charge in [-0.1, -0.05) is 11.6 Å². The van der Waals surface area contributed by atoms with Crippen molar-refractivity contribution < 1.29 is 18.7 Å². The largest absolute Gasteiger partial charge is 0.493 e. The van der Waals surface area contributed by atoms with Crippen LogP contribution in [0.15, 0.2) is 28.9 Å². The second kappa shape index (κ2) is 5.88. The Morgan fingerprint density at radius 2 is 1.90 bits per heavy atom. The molecule has 1 amide bonds. The number of carbonyl (C=O) groups is 1. The molecule has 0 atom stereocenters. The monoisotopic (exact) mass is 295 g/mol. The molecule has 5 nitrogen and oxygen atoms in total. The van der Waals surface area contributed by atoms with E-state index in [1.165, 1.54) is 20.5 Å². The number of amides is 1. The fraction of sp³-hybridized carbons (Fsp3) is 0.214. The van der Waals surface area contributed by atoms with Gasteiger partial charge in [0.15, 0.2) is 11.5 Å². The highest BCUT2D eigenvalue weighted by Gasteiger charge is 2.15. The van der Waals surface area contributed by atoms with E-state index in [4.69, 9.17) is 25.5 Å². The summed E-state index contributed by atoms with van der Waals surface area (Å²) in [5, 5.41) is 3.07. The predicted molar refractivity (Wildman–Crippen MR) is 76.0 cm³/mol. The van der Waals surface area contributed by atoms with Gasteiger partial charge in [-0.05, 0) is 13.0 Å². The van der Waals surface area contributed by atoms with Crippen molar-refractivity contribution in [1.82, 2.24) is 0 Å². The number of carbonyl (C=O) groups excluding carboxylic acids is 1. The Balaban J connectivity index is 2.30. The zero-order chi connectivity index (χ0) is 14.7. The molecule has 0 radical (unpaired) electrons. The molecule has 0 aliphatic heterocycles. The number of rotatable bonds is 4.